The molecule has 0 amide bonds. The van der Waals surface area contributed by atoms with Crippen LogP contribution in [-0.4, -0.2) is 98.3 Å². The Morgan fingerprint density at radius 3 is 1.32 bits per heavy atom. The molecule has 1 fully saturated rings. The largest absolute Gasteiger partial charge is 0.472 e. The number of rotatable bonds is 41. The van der Waals surface area contributed by atoms with E-state index in [0.717, 1.165) is 64.2 Å². The average molecular weight is 917 g/mol. The summed E-state index contributed by atoms with van der Waals surface area (Å²) in [5, 5.41) is 50.2. The highest BCUT2D eigenvalue weighted by Crippen LogP contribution is 2.47. The zero-order chi connectivity index (χ0) is 46.4. The first kappa shape index (κ1) is 59.1. The van der Waals surface area contributed by atoms with Gasteiger partial charge in [-0.15, -0.1) is 0 Å². The Morgan fingerprint density at radius 2 is 0.857 bits per heavy atom. The Balaban J connectivity index is 2.42. The van der Waals surface area contributed by atoms with Gasteiger partial charge in [0.15, 0.2) is 6.10 Å². The summed E-state index contributed by atoms with van der Waals surface area (Å²) in [6.07, 6.45) is 31.9. The van der Waals surface area contributed by atoms with E-state index in [4.69, 9.17) is 18.5 Å². The van der Waals surface area contributed by atoms with Gasteiger partial charge in [-0.3, -0.25) is 18.6 Å². The molecule has 0 radical (unpaired) electrons. The lowest BCUT2D eigenvalue weighted by molar-refractivity contribution is -0.220. The van der Waals surface area contributed by atoms with Crippen LogP contribution in [-0.2, 0) is 32.7 Å². The molecule has 6 unspecified atom stereocenters. The number of phosphoric acid groups is 1. The van der Waals surface area contributed by atoms with E-state index in [9.17, 15) is 44.6 Å². The second-order valence-electron chi connectivity index (χ2n) is 17.3. The third-order valence-electron chi connectivity index (χ3n) is 11.5. The van der Waals surface area contributed by atoms with Gasteiger partial charge in [0.1, 0.15) is 43.2 Å². The van der Waals surface area contributed by atoms with Crippen LogP contribution in [0.2, 0.25) is 0 Å². The number of esters is 2. The van der Waals surface area contributed by atoms with Gasteiger partial charge in [0.2, 0.25) is 0 Å². The average Bonchev–Trinajstić information content (AvgIpc) is 3.26. The summed E-state index contributed by atoms with van der Waals surface area (Å²) < 4.78 is 33.6. The van der Waals surface area contributed by atoms with Crippen molar-refractivity contribution in [2.24, 2.45) is 0 Å². The Morgan fingerprint density at radius 1 is 0.492 bits per heavy atom. The minimum Gasteiger partial charge on any atom is -0.462 e. The molecule has 8 atom stereocenters. The maximum Gasteiger partial charge on any atom is 0.472 e. The summed E-state index contributed by atoms with van der Waals surface area (Å²) in [6.45, 7) is 3.27. The van der Waals surface area contributed by atoms with E-state index in [2.05, 4.69) is 50.3 Å². The predicted octanol–water partition coefficient (Wildman–Crippen LogP) is 10.2. The van der Waals surface area contributed by atoms with Crippen LogP contribution >= 0.6 is 7.82 Å². The molecule has 14 heteroatoms. The van der Waals surface area contributed by atoms with Crippen molar-refractivity contribution in [3.05, 3.63) is 36.5 Å². The van der Waals surface area contributed by atoms with Crippen LogP contribution in [0.4, 0.5) is 0 Å². The maximum absolute atomic E-state index is 12.8. The molecule has 0 aliphatic heterocycles. The van der Waals surface area contributed by atoms with Crippen molar-refractivity contribution in [2.75, 3.05) is 13.2 Å². The number of aliphatic hydroxyl groups is 5. The highest BCUT2D eigenvalue weighted by atomic mass is 31.2. The van der Waals surface area contributed by atoms with Gasteiger partial charge in [0, 0.05) is 12.8 Å². The minimum atomic E-state index is -5.12. The normalized spacial score (nSPS) is 22.0. The lowest BCUT2D eigenvalue weighted by atomic mass is 9.85. The van der Waals surface area contributed by atoms with Crippen molar-refractivity contribution in [3.63, 3.8) is 0 Å². The van der Waals surface area contributed by atoms with Crippen LogP contribution in [0.15, 0.2) is 36.5 Å². The van der Waals surface area contributed by atoms with E-state index in [1.165, 1.54) is 103 Å². The molecule has 0 spiro atoms. The lowest BCUT2D eigenvalue weighted by Gasteiger charge is -2.41. The Kier molecular flexibility index (Phi) is 36.8. The molecule has 6 N–H and O–H groups in total. The van der Waals surface area contributed by atoms with Crippen LogP contribution in [0.25, 0.3) is 0 Å². The number of ether oxygens (including phenoxy) is 2. The number of carbonyl (C=O) groups excluding carboxylic acids is 2. The van der Waals surface area contributed by atoms with Gasteiger partial charge >= 0.3 is 19.8 Å². The number of phosphoric ester groups is 1. The van der Waals surface area contributed by atoms with E-state index >= 15 is 0 Å². The fourth-order valence-electron chi connectivity index (χ4n) is 7.45. The number of carbonyl (C=O) groups is 2. The molecule has 0 aromatic carbocycles. The lowest BCUT2D eigenvalue weighted by Crippen LogP contribution is -2.64. The molecule has 0 saturated heterocycles. The Bertz CT molecular complexity index is 1240. The second kappa shape index (κ2) is 39.3. The number of allylic oxidation sites excluding steroid dienone is 6. The van der Waals surface area contributed by atoms with Crippen LogP contribution < -0.4 is 0 Å². The van der Waals surface area contributed by atoms with Crippen LogP contribution in [0.3, 0.4) is 0 Å². The van der Waals surface area contributed by atoms with E-state index in [-0.39, 0.29) is 12.8 Å². The Labute approximate surface area is 380 Å². The first-order valence-electron chi connectivity index (χ1n) is 24.8. The Hall–Kier alpha value is -1.93. The first-order valence-corrected chi connectivity index (χ1v) is 26.3. The number of hydrogen-bond donors (Lipinski definition) is 6. The monoisotopic (exact) mass is 917 g/mol. The highest BCUT2D eigenvalue weighted by Gasteiger charge is 2.51. The molecule has 368 valence electrons. The van der Waals surface area contributed by atoms with Gasteiger partial charge < -0.3 is 39.9 Å². The molecule has 0 bridgehead atoms. The molecule has 13 nitrogen and oxygen atoms in total. The standard InChI is InChI=1S/C49H89O13P/c1-3-5-7-9-11-13-15-17-19-20-21-22-24-25-27-29-31-33-35-37-42(50)59-39-41(40-60-63(57,58)62-49-47(55)45(53)44(52)46(54)48(49)56)61-43(51)38-36-34-32-30-28-26-23-18-16-14-12-10-8-6-4-2/h14,16-19,23,41,44-49,52-56H,3-13,15,20-22,24-40H2,1-2H3,(H,57,58)/b16-14+,19-17+,23-18+/t41-,44?,45-,46?,47?,48?,49?/m0/s1. The van der Waals surface area contributed by atoms with Crippen LogP contribution in [0.1, 0.15) is 206 Å². The molecule has 1 aliphatic rings. The zero-order valence-electron chi connectivity index (χ0n) is 39.1. The number of hydrogen-bond acceptors (Lipinski definition) is 12. The minimum absolute atomic E-state index is 0.0793. The van der Waals surface area contributed by atoms with Gasteiger partial charge in [0.25, 0.3) is 0 Å². The van der Waals surface area contributed by atoms with Crippen molar-refractivity contribution >= 4 is 19.8 Å². The van der Waals surface area contributed by atoms with Crippen molar-refractivity contribution in [1.82, 2.24) is 0 Å². The van der Waals surface area contributed by atoms with Gasteiger partial charge in [-0.1, -0.05) is 166 Å². The topological polar surface area (TPSA) is 210 Å². The molecule has 1 rings (SSSR count). The summed E-state index contributed by atoms with van der Waals surface area (Å²) in [5.74, 6) is -1.12. The third kappa shape index (κ3) is 31.6. The molecule has 0 aromatic rings. The first-order chi connectivity index (χ1) is 30.4. The molecular formula is C49H89O13P. The highest BCUT2D eigenvalue weighted by molar-refractivity contribution is 7.47. The molecule has 1 saturated carbocycles. The molecule has 63 heavy (non-hydrogen) atoms. The summed E-state index contributed by atoms with van der Waals surface area (Å²) in [7, 11) is -5.12. The van der Waals surface area contributed by atoms with Crippen molar-refractivity contribution < 1.29 is 63.1 Å². The van der Waals surface area contributed by atoms with Gasteiger partial charge in [0.05, 0.1) is 6.61 Å². The third-order valence-corrected chi connectivity index (χ3v) is 12.5. The number of unbranched alkanes of at least 4 members (excludes halogenated alkanes) is 24. The summed E-state index contributed by atoms with van der Waals surface area (Å²) in [6, 6.07) is 0. The smallest absolute Gasteiger partial charge is 0.462 e. The molecule has 0 heterocycles. The van der Waals surface area contributed by atoms with Gasteiger partial charge in [-0.05, 0) is 64.2 Å². The fraction of sp³-hybridized carbons (Fsp3) is 0.837. The fourth-order valence-corrected chi connectivity index (χ4v) is 8.42. The second-order valence-corrected chi connectivity index (χ2v) is 18.7. The van der Waals surface area contributed by atoms with Gasteiger partial charge in [-0.25, -0.2) is 4.57 Å². The molecular weight excluding hydrogens is 828 g/mol. The van der Waals surface area contributed by atoms with E-state index in [1.807, 2.05) is 0 Å². The van der Waals surface area contributed by atoms with Crippen molar-refractivity contribution in [2.45, 2.75) is 249 Å². The van der Waals surface area contributed by atoms with Gasteiger partial charge in [-0.2, -0.15) is 0 Å². The molecule has 1 aliphatic carbocycles. The SMILES string of the molecule is CCCCCC/C=C/C=C/CCCCCCCC(=O)O[C@@H](COC(=O)CCCCCCCCCCC/C=C/CCCCCCCC)COP(=O)(O)OC1C(O)C(O)C(O)[C@H](O)C1O. The quantitative estimate of drug-likeness (QED) is 0.0111. The van der Waals surface area contributed by atoms with Crippen molar-refractivity contribution in [1.29, 1.82) is 0 Å². The van der Waals surface area contributed by atoms with E-state index in [0.29, 0.717) is 12.8 Å². The van der Waals surface area contributed by atoms with E-state index < -0.39 is 75.7 Å². The predicted molar refractivity (Wildman–Crippen MR) is 249 cm³/mol. The summed E-state index contributed by atoms with van der Waals surface area (Å²) in [4.78, 5) is 35.8. The number of aliphatic hydroxyl groups excluding tert-OH is 5. The van der Waals surface area contributed by atoms with Crippen molar-refractivity contribution in [3.8, 4) is 0 Å². The van der Waals surface area contributed by atoms with Crippen LogP contribution in [0.5, 0.6) is 0 Å². The summed E-state index contributed by atoms with van der Waals surface area (Å²) >= 11 is 0. The zero-order valence-corrected chi connectivity index (χ0v) is 40.0. The van der Waals surface area contributed by atoms with Crippen LogP contribution in [0, 0.1) is 0 Å². The summed E-state index contributed by atoms with van der Waals surface area (Å²) in [5.41, 5.74) is 0. The van der Waals surface area contributed by atoms with E-state index in [1.54, 1.807) is 0 Å². The maximum atomic E-state index is 12.8. The molecule has 0 aromatic heterocycles.